The van der Waals surface area contributed by atoms with Gasteiger partial charge in [-0.25, -0.2) is 5.84 Å². The van der Waals surface area contributed by atoms with Crippen LogP contribution in [0.25, 0.3) is 0 Å². The van der Waals surface area contributed by atoms with Gasteiger partial charge in [-0.15, -0.1) is 11.3 Å². The second kappa shape index (κ2) is 5.75. The third-order valence-electron chi connectivity index (χ3n) is 3.70. The predicted molar refractivity (Wildman–Crippen MR) is 86.7 cm³/mol. The Bertz CT molecular complexity index is 655. The van der Waals surface area contributed by atoms with Crippen LogP contribution in [-0.4, -0.2) is 26.0 Å². The zero-order valence-corrected chi connectivity index (χ0v) is 12.7. The van der Waals surface area contributed by atoms with Crippen molar-refractivity contribution >= 4 is 28.6 Å². The van der Waals surface area contributed by atoms with Gasteiger partial charge in [0.05, 0.1) is 22.8 Å². The standard InChI is InChI=1S/C15H18N4OS/c1-18-8-9-19(13-5-3-2-4-12(13)18)10-11-6-7-14(21-11)15(20)17-16/h2-7H,8-10,16H2,1H3,(H,17,20). The highest BCUT2D eigenvalue weighted by Crippen LogP contribution is 2.33. The van der Waals surface area contributed by atoms with Crippen LogP contribution in [0.5, 0.6) is 0 Å². The summed E-state index contributed by atoms with van der Waals surface area (Å²) in [5.74, 6) is 4.94. The molecule has 0 aliphatic carbocycles. The number of carbonyl (C=O) groups is 1. The van der Waals surface area contributed by atoms with E-state index >= 15 is 0 Å². The molecular formula is C15H18N4OS. The molecule has 0 atom stereocenters. The third kappa shape index (κ3) is 2.72. The molecule has 3 rings (SSSR count). The van der Waals surface area contributed by atoms with Gasteiger partial charge in [0, 0.05) is 25.0 Å². The molecule has 0 fully saturated rings. The Morgan fingerprint density at radius 2 is 2.00 bits per heavy atom. The molecule has 1 aliphatic rings. The Kier molecular flexibility index (Phi) is 3.81. The van der Waals surface area contributed by atoms with Crippen LogP contribution in [0.2, 0.25) is 0 Å². The van der Waals surface area contributed by atoms with Crippen molar-refractivity contribution in [2.24, 2.45) is 5.84 Å². The van der Waals surface area contributed by atoms with Gasteiger partial charge in [0.1, 0.15) is 0 Å². The van der Waals surface area contributed by atoms with Crippen molar-refractivity contribution in [1.29, 1.82) is 0 Å². The summed E-state index contributed by atoms with van der Waals surface area (Å²) in [5.41, 5.74) is 4.66. The Morgan fingerprint density at radius 3 is 2.76 bits per heavy atom. The second-order valence-electron chi connectivity index (χ2n) is 5.07. The molecule has 110 valence electrons. The molecule has 2 aromatic rings. The molecule has 2 heterocycles. The number of benzene rings is 1. The number of para-hydroxylation sites is 2. The molecule has 0 unspecified atom stereocenters. The number of thiophene rings is 1. The summed E-state index contributed by atoms with van der Waals surface area (Å²) in [5, 5.41) is 0. The number of rotatable bonds is 3. The van der Waals surface area contributed by atoms with E-state index in [4.69, 9.17) is 5.84 Å². The van der Waals surface area contributed by atoms with Gasteiger partial charge >= 0.3 is 0 Å². The van der Waals surface area contributed by atoms with Gasteiger partial charge in [-0.2, -0.15) is 0 Å². The first-order valence-corrected chi connectivity index (χ1v) is 7.65. The lowest BCUT2D eigenvalue weighted by Crippen LogP contribution is -2.38. The van der Waals surface area contributed by atoms with Crippen LogP contribution in [0, 0.1) is 0 Å². The van der Waals surface area contributed by atoms with Gasteiger partial charge < -0.3 is 9.80 Å². The van der Waals surface area contributed by atoms with Crippen LogP contribution in [-0.2, 0) is 6.54 Å². The average molecular weight is 302 g/mol. The van der Waals surface area contributed by atoms with Crippen molar-refractivity contribution < 1.29 is 4.79 Å². The van der Waals surface area contributed by atoms with Crippen molar-refractivity contribution in [2.45, 2.75) is 6.54 Å². The lowest BCUT2D eigenvalue weighted by molar-refractivity contribution is 0.0957. The molecule has 1 aromatic heterocycles. The molecule has 1 aromatic carbocycles. The molecule has 0 radical (unpaired) electrons. The molecule has 5 nitrogen and oxygen atoms in total. The summed E-state index contributed by atoms with van der Waals surface area (Å²) in [6.45, 7) is 2.79. The Labute approximate surface area is 127 Å². The molecular weight excluding hydrogens is 284 g/mol. The maximum atomic E-state index is 11.5. The molecule has 6 heteroatoms. The van der Waals surface area contributed by atoms with Crippen molar-refractivity contribution in [1.82, 2.24) is 5.43 Å². The van der Waals surface area contributed by atoms with E-state index in [1.807, 2.05) is 12.1 Å². The molecule has 0 spiro atoms. The fourth-order valence-corrected chi connectivity index (χ4v) is 3.50. The predicted octanol–water partition coefficient (Wildman–Crippen LogP) is 1.81. The van der Waals surface area contributed by atoms with E-state index in [1.165, 1.54) is 22.7 Å². The number of carbonyl (C=O) groups excluding carboxylic acids is 1. The number of nitrogen functional groups attached to an aromatic ring is 1. The molecule has 0 bridgehead atoms. The van der Waals surface area contributed by atoms with E-state index in [0.29, 0.717) is 4.88 Å². The van der Waals surface area contributed by atoms with Gasteiger partial charge in [-0.05, 0) is 24.3 Å². The fraction of sp³-hybridized carbons (Fsp3) is 0.267. The van der Waals surface area contributed by atoms with Crippen LogP contribution in [0.15, 0.2) is 36.4 Å². The number of anilines is 2. The largest absolute Gasteiger partial charge is 0.371 e. The maximum Gasteiger partial charge on any atom is 0.275 e. The van der Waals surface area contributed by atoms with Crippen molar-refractivity contribution in [3.05, 3.63) is 46.2 Å². The minimum absolute atomic E-state index is 0.231. The Morgan fingerprint density at radius 1 is 1.24 bits per heavy atom. The Balaban J connectivity index is 1.81. The smallest absolute Gasteiger partial charge is 0.275 e. The summed E-state index contributed by atoms with van der Waals surface area (Å²) in [6, 6.07) is 12.2. The molecule has 21 heavy (non-hydrogen) atoms. The normalized spacial score (nSPS) is 14.0. The lowest BCUT2D eigenvalue weighted by atomic mass is 10.1. The summed E-state index contributed by atoms with van der Waals surface area (Å²) in [4.78, 5) is 17.9. The molecule has 0 saturated heterocycles. The number of nitrogens with two attached hydrogens (primary N) is 1. The van der Waals surface area contributed by atoms with E-state index in [0.717, 1.165) is 24.5 Å². The summed E-state index contributed by atoms with van der Waals surface area (Å²) in [7, 11) is 2.12. The number of amides is 1. The molecule has 3 N–H and O–H groups in total. The van der Waals surface area contributed by atoms with Gasteiger partial charge in [0.2, 0.25) is 0 Å². The zero-order valence-electron chi connectivity index (χ0n) is 11.9. The van der Waals surface area contributed by atoms with Gasteiger partial charge in [-0.3, -0.25) is 10.2 Å². The number of fused-ring (bicyclic) bond motifs is 1. The van der Waals surface area contributed by atoms with E-state index in [9.17, 15) is 4.79 Å². The van der Waals surface area contributed by atoms with Crippen LogP contribution in [0.3, 0.4) is 0 Å². The highest BCUT2D eigenvalue weighted by molar-refractivity contribution is 7.14. The SMILES string of the molecule is CN1CCN(Cc2ccc(C(=O)NN)s2)c2ccccc21. The molecule has 1 amide bonds. The number of hydrogen-bond donors (Lipinski definition) is 2. The highest BCUT2D eigenvalue weighted by atomic mass is 32.1. The number of likely N-dealkylation sites (N-methyl/N-ethyl adjacent to an activating group) is 1. The maximum absolute atomic E-state index is 11.5. The average Bonchev–Trinajstić information content (AvgIpc) is 2.98. The van der Waals surface area contributed by atoms with Crippen molar-refractivity contribution in [3.8, 4) is 0 Å². The second-order valence-corrected chi connectivity index (χ2v) is 6.24. The van der Waals surface area contributed by atoms with E-state index < -0.39 is 0 Å². The topological polar surface area (TPSA) is 61.6 Å². The van der Waals surface area contributed by atoms with Crippen LogP contribution in [0.4, 0.5) is 11.4 Å². The van der Waals surface area contributed by atoms with Crippen LogP contribution >= 0.6 is 11.3 Å². The minimum atomic E-state index is -0.231. The Hall–Kier alpha value is -2.05. The minimum Gasteiger partial charge on any atom is -0.371 e. The fourth-order valence-electron chi connectivity index (χ4n) is 2.57. The number of nitrogens with one attached hydrogen (secondary N) is 1. The first-order chi connectivity index (χ1) is 10.2. The summed E-state index contributed by atoms with van der Waals surface area (Å²) in [6.07, 6.45) is 0. The highest BCUT2D eigenvalue weighted by Gasteiger charge is 2.20. The number of hydrazine groups is 1. The number of nitrogens with zero attached hydrogens (tertiary/aromatic N) is 2. The van der Waals surface area contributed by atoms with E-state index in [2.05, 4.69) is 46.5 Å². The summed E-state index contributed by atoms with van der Waals surface area (Å²) >= 11 is 1.49. The van der Waals surface area contributed by atoms with Gasteiger partial charge in [0.15, 0.2) is 0 Å². The quantitative estimate of drug-likeness (QED) is 0.516. The van der Waals surface area contributed by atoms with Crippen molar-refractivity contribution in [2.75, 3.05) is 29.9 Å². The van der Waals surface area contributed by atoms with Crippen molar-refractivity contribution in [3.63, 3.8) is 0 Å². The summed E-state index contributed by atoms with van der Waals surface area (Å²) < 4.78 is 0. The zero-order chi connectivity index (χ0) is 14.8. The van der Waals surface area contributed by atoms with Crippen LogP contribution < -0.4 is 21.1 Å². The first kappa shape index (κ1) is 13.9. The van der Waals surface area contributed by atoms with Gasteiger partial charge in [-0.1, -0.05) is 12.1 Å². The van der Waals surface area contributed by atoms with E-state index in [-0.39, 0.29) is 5.91 Å². The van der Waals surface area contributed by atoms with E-state index in [1.54, 1.807) is 0 Å². The van der Waals surface area contributed by atoms with Crippen LogP contribution in [0.1, 0.15) is 14.5 Å². The lowest BCUT2D eigenvalue weighted by Gasteiger charge is -2.36. The monoisotopic (exact) mass is 302 g/mol. The number of hydrogen-bond acceptors (Lipinski definition) is 5. The van der Waals surface area contributed by atoms with Gasteiger partial charge in [0.25, 0.3) is 5.91 Å². The molecule has 1 aliphatic heterocycles. The third-order valence-corrected chi connectivity index (χ3v) is 4.77. The first-order valence-electron chi connectivity index (χ1n) is 6.84. The molecule has 0 saturated carbocycles.